The molecule has 0 bridgehead atoms. The van der Waals surface area contributed by atoms with Gasteiger partial charge in [-0.05, 0) is 37.6 Å². The smallest absolute Gasteiger partial charge is 0.272 e. The van der Waals surface area contributed by atoms with E-state index in [2.05, 4.69) is 31.0 Å². The number of benzene rings is 2. The van der Waals surface area contributed by atoms with Crippen LogP contribution in [0.4, 0.5) is 5.82 Å². The third kappa shape index (κ3) is 4.27. The Kier molecular flexibility index (Phi) is 5.81. The monoisotopic (exact) mass is 462 g/mol. The molecule has 3 heterocycles. The fourth-order valence-corrected chi connectivity index (χ4v) is 3.59. The average molecular weight is 462 g/mol. The zero-order valence-corrected chi connectivity index (χ0v) is 18.3. The Morgan fingerprint density at radius 2 is 1.94 bits per heavy atom. The van der Waals surface area contributed by atoms with Crippen molar-refractivity contribution in [2.75, 3.05) is 25.2 Å². The summed E-state index contributed by atoms with van der Waals surface area (Å²) >= 11 is 0. The molecule has 0 saturated carbocycles. The standard InChI is InChI=1S/C23H22N6O5/c1-13(23-26-19(29-34-23)14-7-8-17-18(11-14)33-12-32-17)21(30)25-10-4-9-24-20-15-5-2-3-6-16(15)22(31)28-27-20/h2-3,5-8,11,13H,4,9-10,12H2,1H3,(H,24,27)(H,25,30)(H,28,31). The summed E-state index contributed by atoms with van der Waals surface area (Å²) < 4.78 is 16.0. The fourth-order valence-electron chi connectivity index (χ4n) is 3.59. The maximum atomic E-state index is 12.5. The van der Waals surface area contributed by atoms with Gasteiger partial charge in [0.1, 0.15) is 5.92 Å². The Bertz CT molecular complexity index is 1400. The van der Waals surface area contributed by atoms with Gasteiger partial charge in [0.15, 0.2) is 17.3 Å². The number of hydrogen-bond acceptors (Lipinski definition) is 9. The lowest BCUT2D eigenvalue weighted by Gasteiger charge is -2.10. The lowest BCUT2D eigenvalue weighted by Crippen LogP contribution is -2.30. The lowest BCUT2D eigenvalue weighted by atomic mass is 10.1. The van der Waals surface area contributed by atoms with E-state index in [1.54, 1.807) is 37.3 Å². The van der Waals surface area contributed by atoms with Crippen LogP contribution in [0.25, 0.3) is 22.2 Å². The minimum atomic E-state index is -0.604. The minimum Gasteiger partial charge on any atom is -0.454 e. The molecule has 1 amide bonds. The van der Waals surface area contributed by atoms with Crippen LogP contribution < -0.4 is 25.7 Å². The summed E-state index contributed by atoms with van der Waals surface area (Å²) in [4.78, 5) is 28.8. The first-order chi connectivity index (χ1) is 16.6. The molecule has 0 spiro atoms. The number of aromatic nitrogens is 4. The molecule has 0 saturated heterocycles. The molecule has 0 radical (unpaired) electrons. The van der Waals surface area contributed by atoms with Crippen LogP contribution in [0, 0.1) is 0 Å². The number of nitrogens with one attached hydrogen (secondary N) is 3. The number of carbonyl (C=O) groups excluding carboxylic acids is 1. The van der Waals surface area contributed by atoms with Gasteiger partial charge in [-0.25, -0.2) is 5.10 Å². The summed E-state index contributed by atoms with van der Waals surface area (Å²) in [6.45, 7) is 2.90. The van der Waals surface area contributed by atoms with Crippen molar-refractivity contribution in [1.29, 1.82) is 0 Å². The first-order valence-corrected chi connectivity index (χ1v) is 10.8. The molecule has 1 atom stereocenters. The van der Waals surface area contributed by atoms with Crippen molar-refractivity contribution in [3.63, 3.8) is 0 Å². The molecular weight excluding hydrogens is 440 g/mol. The van der Waals surface area contributed by atoms with Crippen LogP contribution in [0.15, 0.2) is 51.8 Å². The Morgan fingerprint density at radius 1 is 1.12 bits per heavy atom. The first kappa shape index (κ1) is 21.4. The molecular formula is C23H22N6O5. The molecule has 2 aromatic carbocycles. The summed E-state index contributed by atoms with van der Waals surface area (Å²) in [6.07, 6.45) is 0.653. The van der Waals surface area contributed by atoms with Crippen molar-refractivity contribution in [2.45, 2.75) is 19.3 Å². The molecule has 5 rings (SSSR count). The third-order valence-corrected chi connectivity index (χ3v) is 5.48. The zero-order chi connectivity index (χ0) is 23.5. The quantitative estimate of drug-likeness (QED) is 0.336. The van der Waals surface area contributed by atoms with E-state index in [0.717, 1.165) is 5.39 Å². The van der Waals surface area contributed by atoms with Crippen LogP contribution in [-0.4, -0.2) is 46.1 Å². The van der Waals surface area contributed by atoms with Crippen LogP contribution in [0.1, 0.15) is 25.2 Å². The Hall–Kier alpha value is -4.41. The predicted octanol–water partition coefficient (Wildman–Crippen LogP) is 2.42. The van der Waals surface area contributed by atoms with E-state index in [4.69, 9.17) is 14.0 Å². The molecule has 2 aromatic heterocycles. The number of fused-ring (bicyclic) bond motifs is 2. The van der Waals surface area contributed by atoms with Gasteiger partial charge in [0.25, 0.3) is 5.56 Å². The van der Waals surface area contributed by atoms with E-state index >= 15 is 0 Å². The maximum Gasteiger partial charge on any atom is 0.272 e. The van der Waals surface area contributed by atoms with Crippen molar-refractivity contribution in [1.82, 2.24) is 25.7 Å². The largest absolute Gasteiger partial charge is 0.454 e. The van der Waals surface area contributed by atoms with E-state index in [-0.39, 0.29) is 24.2 Å². The third-order valence-electron chi connectivity index (χ3n) is 5.48. The molecule has 11 nitrogen and oxygen atoms in total. The van der Waals surface area contributed by atoms with Crippen LogP contribution in [0.2, 0.25) is 0 Å². The van der Waals surface area contributed by atoms with Gasteiger partial charge in [-0.3, -0.25) is 9.59 Å². The molecule has 3 N–H and O–H groups in total. The molecule has 174 valence electrons. The van der Waals surface area contributed by atoms with E-state index in [9.17, 15) is 9.59 Å². The minimum absolute atomic E-state index is 0.182. The summed E-state index contributed by atoms with van der Waals surface area (Å²) in [6, 6.07) is 12.6. The van der Waals surface area contributed by atoms with Gasteiger partial charge < -0.3 is 24.6 Å². The maximum absolute atomic E-state index is 12.5. The van der Waals surface area contributed by atoms with Crippen molar-refractivity contribution in [3.8, 4) is 22.9 Å². The van der Waals surface area contributed by atoms with E-state index < -0.39 is 5.92 Å². The summed E-state index contributed by atoms with van der Waals surface area (Å²) in [7, 11) is 0. The van der Waals surface area contributed by atoms with E-state index in [0.29, 0.717) is 53.6 Å². The number of hydrogen-bond donors (Lipinski definition) is 3. The summed E-state index contributed by atoms with van der Waals surface area (Å²) in [5.41, 5.74) is 0.478. The van der Waals surface area contributed by atoms with Crippen LogP contribution >= 0.6 is 0 Å². The second kappa shape index (κ2) is 9.22. The highest BCUT2D eigenvalue weighted by molar-refractivity contribution is 5.90. The van der Waals surface area contributed by atoms with Gasteiger partial charge in [-0.2, -0.15) is 10.1 Å². The molecule has 0 aliphatic carbocycles. The highest BCUT2D eigenvalue weighted by Crippen LogP contribution is 2.35. The van der Waals surface area contributed by atoms with Crippen molar-refractivity contribution in [3.05, 3.63) is 58.7 Å². The Balaban J connectivity index is 1.12. The average Bonchev–Trinajstić information content (AvgIpc) is 3.54. The molecule has 0 fully saturated rings. The molecule has 1 aliphatic heterocycles. The van der Waals surface area contributed by atoms with Gasteiger partial charge >= 0.3 is 0 Å². The predicted molar refractivity (Wildman–Crippen MR) is 123 cm³/mol. The van der Waals surface area contributed by atoms with Gasteiger partial charge in [0, 0.05) is 24.0 Å². The van der Waals surface area contributed by atoms with Crippen LogP contribution in [0.5, 0.6) is 11.5 Å². The number of rotatable bonds is 8. The molecule has 4 aromatic rings. The number of H-pyrrole nitrogens is 1. The van der Waals surface area contributed by atoms with Crippen LogP contribution in [0.3, 0.4) is 0 Å². The van der Waals surface area contributed by atoms with Gasteiger partial charge in [0.05, 0.1) is 5.39 Å². The Labute approximate surface area is 193 Å². The van der Waals surface area contributed by atoms with E-state index in [1.165, 1.54) is 0 Å². The van der Waals surface area contributed by atoms with Gasteiger partial charge in [-0.15, -0.1) is 0 Å². The second-order valence-corrected chi connectivity index (χ2v) is 7.76. The molecule has 1 unspecified atom stereocenters. The lowest BCUT2D eigenvalue weighted by molar-refractivity contribution is -0.122. The zero-order valence-electron chi connectivity index (χ0n) is 18.3. The van der Waals surface area contributed by atoms with Gasteiger partial charge in [0.2, 0.25) is 24.4 Å². The molecule has 34 heavy (non-hydrogen) atoms. The van der Waals surface area contributed by atoms with Crippen molar-refractivity contribution in [2.24, 2.45) is 0 Å². The fraction of sp³-hybridized carbons (Fsp3) is 0.261. The number of ether oxygens (including phenoxy) is 2. The first-order valence-electron chi connectivity index (χ1n) is 10.8. The Morgan fingerprint density at radius 3 is 2.82 bits per heavy atom. The number of amides is 1. The van der Waals surface area contributed by atoms with Crippen molar-refractivity contribution < 1.29 is 18.8 Å². The number of nitrogens with zero attached hydrogens (tertiary/aromatic N) is 3. The summed E-state index contributed by atoms with van der Waals surface area (Å²) in [5, 5.41) is 17.9. The number of aromatic amines is 1. The molecule has 1 aliphatic rings. The number of carbonyl (C=O) groups is 1. The van der Waals surface area contributed by atoms with Gasteiger partial charge in [-0.1, -0.05) is 23.4 Å². The highest BCUT2D eigenvalue weighted by Gasteiger charge is 2.23. The SMILES string of the molecule is CC(C(=O)NCCCNc1n[nH]c(=O)c2ccccc12)c1nc(-c2ccc3c(c2)OCO3)no1. The second-order valence-electron chi connectivity index (χ2n) is 7.76. The molecule has 11 heteroatoms. The highest BCUT2D eigenvalue weighted by atomic mass is 16.7. The normalized spacial score (nSPS) is 13.1. The van der Waals surface area contributed by atoms with Crippen LogP contribution in [-0.2, 0) is 4.79 Å². The van der Waals surface area contributed by atoms with Crippen molar-refractivity contribution >= 4 is 22.5 Å². The number of anilines is 1. The van der Waals surface area contributed by atoms with E-state index in [1.807, 2.05) is 12.1 Å². The summed E-state index contributed by atoms with van der Waals surface area (Å²) in [5.74, 6) is 1.66. The topological polar surface area (TPSA) is 144 Å².